The van der Waals surface area contributed by atoms with Gasteiger partial charge in [0.15, 0.2) is 0 Å². The van der Waals surface area contributed by atoms with Gasteiger partial charge in [0.1, 0.15) is 36.4 Å². The normalized spacial score (nSPS) is 16.2. The summed E-state index contributed by atoms with van der Waals surface area (Å²) in [6.07, 6.45) is 0.218. The first-order chi connectivity index (χ1) is 23.3. The summed E-state index contributed by atoms with van der Waals surface area (Å²) in [7, 11) is 0. The van der Waals surface area contributed by atoms with E-state index in [0.717, 1.165) is 27.8 Å². The molecule has 0 aromatic heterocycles. The van der Waals surface area contributed by atoms with E-state index in [1.54, 1.807) is 13.8 Å². The first-order valence-corrected chi connectivity index (χ1v) is 16.6. The molecule has 1 aliphatic carbocycles. The number of alkyl carbamates (subject to hydrolysis) is 1. The van der Waals surface area contributed by atoms with E-state index in [1.807, 2.05) is 66.7 Å². The number of nitrogens with one attached hydrogen (secondary N) is 3. The van der Waals surface area contributed by atoms with Crippen molar-refractivity contribution < 1.29 is 33.4 Å². The zero-order chi connectivity index (χ0) is 35.3. The second kappa shape index (κ2) is 14.5. The van der Waals surface area contributed by atoms with Gasteiger partial charge in [0.2, 0.25) is 17.7 Å². The van der Waals surface area contributed by atoms with E-state index in [1.165, 1.54) is 25.7 Å². The lowest BCUT2D eigenvalue weighted by atomic mass is 9.98. The Morgan fingerprint density at radius 1 is 0.796 bits per heavy atom. The molecule has 1 heterocycles. The summed E-state index contributed by atoms with van der Waals surface area (Å²) < 4.78 is 11.0. The summed E-state index contributed by atoms with van der Waals surface area (Å²) in [6, 6.07) is 23.4. The van der Waals surface area contributed by atoms with Gasteiger partial charge in [-0.2, -0.15) is 0 Å². The van der Waals surface area contributed by atoms with Gasteiger partial charge in [0.25, 0.3) is 0 Å². The molecule has 11 heteroatoms. The van der Waals surface area contributed by atoms with Gasteiger partial charge in [0.05, 0.1) is 0 Å². The average molecular weight is 669 g/mol. The van der Waals surface area contributed by atoms with Gasteiger partial charge in [0, 0.05) is 12.5 Å². The van der Waals surface area contributed by atoms with Crippen molar-refractivity contribution in [3.63, 3.8) is 0 Å². The monoisotopic (exact) mass is 668 g/mol. The van der Waals surface area contributed by atoms with Gasteiger partial charge >= 0.3 is 12.1 Å². The fourth-order valence-electron chi connectivity index (χ4n) is 6.32. The number of hydrogen-bond acceptors (Lipinski definition) is 7. The zero-order valence-electron chi connectivity index (χ0n) is 28.6. The number of hydrogen-bond donors (Lipinski definition) is 3. The number of esters is 1. The lowest BCUT2D eigenvalue weighted by molar-refractivity contribution is -0.149. The van der Waals surface area contributed by atoms with Crippen LogP contribution in [0.2, 0.25) is 0 Å². The van der Waals surface area contributed by atoms with Gasteiger partial charge in [-0.05, 0) is 75.3 Å². The van der Waals surface area contributed by atoms with E-state index < -0.39 is 52.9 Å². The number of carbonyl (C=O) groups is 5. The first-order valence-electron chi connectivity index (χ1n) is 16.6. The molecule has 49 heavy (non-hydrogen) atoms. The molecule has 3 aromatic rings. The van der Waals surface area contributed by atoms with E-state index in [4.69, 9.17) is 9.47 Å². The lowest BCUT2D eigenvalue weighted by Crippen LogP contribution is -2.62. The van der Waals surface area contributed by atoms with Crippen LogP contribution in [0.1, 0.15) is 70.1 Å². The SMILES string of the molecule is C[C@H](NC(=O)C(C)(C)NC(=O)[C@@H]1CCCN1C(=O)C(C)(C)NC(=O)OCC1c2ccccc2-c2ccccc21)C(=O)OCc1ccccc1. The molecule has 3 N–H and O–H groups in total. The Kier molecular flexibility index (Phi) is 10.4. The van der Waals surface area contributed by atoms with Crippen LogP contribution in [0.4, 0.5) is 4.79 Å². The van der Waals surface area contributed by atoms with E-state index in [0.29, 0.717) is 19.4 Å². The van der Waals surface area contributed by atoms with Crippen LogP contribution in [-0.4, -0.2) is 71.0 Å². The standard InChI is InChI=1S/C38H44N4O7/c1-24(33(44)48-22-25-14-7-6-8-15-25)39-34(45)37(2,3)40-32(43)31-20-13-21-42(31)35(46)38(4,5)41-36(47)49-23-30-28-18-11-9-16-26(28)27-17-10-12-19-29(27)30/h6-12,14-19,24,30-31H,13,20-23H2,1-5H3,(H,39,45)(H,40,43)(H,41,47)/t24-,31-/m0/s1. The van der Waals surface area contributed by atoms with E-state index in [2.05, 4.69) is 28.1 Å². The summed E-state index contributed by atoms with van der Waals surface area (Å²) in [5.41, 5.74) is 2.40. The van der Waals surface area contributed by atoms with Crippen molar-refractivity contribution in [1.82, 2.24) is 20.9 Å². The molecule has 3 aromatic carbocycles. The third kappa shape index (κ3) is 7.93. The van der Waals surface area contributed by atoms with Crippen molar-refractivity contribution in [2.75, 3.05) is 13.2 Å². The van der Waals surface area contributed by atoms with E-state index in [9.17, 15) is 24.0 Å². The van der Waals surface area contributed by atoms with Crippen molar-refractivity contribution in [3.8, 4) is 11.1 Å². The van der Waals surface area contributed by atoms with Gasteiger partial charge in [-0.3, -0.25) is 14.4 Å². The third-order valence-corrected chi connectivity index (χ3v) is 9.04. The van der Waals surface area contributed by atoms with Crippen LogP contribution >= 0.6 is 0 Å². The van der Waals surface area contributed by atoms with Crippen LogP contribution in [0.3, 0.4) is 0 Å². The van der Waals surface area contributed by atoms with Crippen LogP contribution in [-0.2, 0) is 35.3 Å². The second-order valence-corrected chi connectivity index (χ2v) is 13.6. The van der Waals surface area contributed by atoms with Crippen LogP contribution in [0.15, 0.2) is 78.9 Å². The number of likely N-dealkylation sites (tertiary alicyclic amines) is 1. The highest BCUT2D eigenvalue weighted by atomic mass is 16.5. The summed E-state index contributed by atoms with van der Waals surface area (Å²) in [6.45, 7) is 8.16. The largest absolute Gasteiger partial charge is 0.459 e. The Bertz CT molecular complexity index is 1680. The number of rotatable bonds is 11. The number of carbonyl (C=O) groups excluding carboxylic acids is 5. The molecule has 1 fully saturated rings. The third-order valence-electron chi connectivity index (χ3n) is 9.04. The predicted octanol–water partition coefficient (Wildman–Crippen LogP) is 4.44. The number of benzene rings is 3. The highest BCUT2D eigenvalue weighted by Gasteiger charge is 2.44. The number of amides is 4. The molecule has 1 saturated heterocycles. The maximum atomic E-state index is 13.7. The maximum Gasteiger partial charge on any atom is 0.408 e. The number of nitrogens with zero attached hydrogens (tertiary/aromatic N) is 1. The van der Waals surface area contributed by atoms with Crippen molar-refractivity contribution >= 4 is 29.8 Å². The quantitative estimate of drug-likeness (QED) is 0.257. The Balaban J connectivity index is 1.14. The number of fused-ring (bicyclic) bond motifs is 3. The van der Waals surface area contributed by atoms with Crippen molar-refractivity contribution in [3.05, 3.63) is 95.6 Å². The zero-order valence-corrected chi connectivity index (χ0v) is 28.6. The molecular formula is C38H44N4O7. The molecule has 1 aliphatic heterocycles. The average Bonchev–Trinajstić information content (AvgIpc) is 3.69. The molecule has 0 unspecified atom stereocenters. The minimum Gasteiger partial charge on any atom is -0.459 e. The minimum absolute atomic E-state index is 0.0675. The lowest BCUT2D eigenvalue weighted by Gasteiger charge is -2.34. The molecule has 0 spiro atoms. The Hall–Kier alpha value is -5.19. The van der Waals surface area contributed by atoms with Crippen LogP contribution in [0, 0.1) is 0 Å². The first kappa shape index (κ1) is 35.1. The highest BCUT2D eigenvalue weighted by molar-refractivity contribution is 5.97. The van der Waals surface area contributed by atoms with Crippen molar-refractivity contribution in [1.29, 1.82) is 0 Å². The van der Waals surface area contributed by atoms with Gasteiger partial charge in [-0.1, -0.05) is 78.9 Å². The van der Waals surface area contributed by atoms with Crippen molar-refractivity contribution in [2.24, 2.45) is 0 Å². The molecule has 4 amide bonds. The Morgan fingerprint density at radius 3 is 2.02 bits per heavy atom. The summed E-state index contributed by atoms with van der Waals surface area (Å²) in [5, 5.41) is 8.03. The summed E-state index contributed by atoms with van der Waals surface area (Å²) in [5.74, 6) is -2.29. The molecule has 2 aliphatic rings. The molecule has 0 bridgehead atoms. The highest BCUT2D eigenvalue weighted by Crippen LogP contribution is 2.44. The van der Waals surface area contributed by atoms with Crippen molar-refractivity contribution in [2.45, 2.75) is 83.1 Å². The molecule has 5 rings (SSSR count). The predicted molar refractivity (Wildman–Crippen MR) is 183 cm³/mol. The Labute approximate surface area is 286 Å². The molecule has 0 radical (unpaired) electrons. The smallest absolute Gasteiger partial charge is 0.408 e. The molecule has 0 saturated carbocycles. The topological polar surface area (TPSA) is 143 Å². The second-order valence-electron chi connectivity index (χ2n) is 13.6. The Morgan fingerprint density at radius 2 is 1.39 bits per heavy atom. The molecule has 2 atom stereocenters. The maximum absolute atomic E-state index is 13.7. The van der Waals surface area contributed by atoms with Crippen LogP contribution < -0.4 is 16.0 Å². The van der Waals surface area contributed by atoms with E-state index in [-0.39, 0.29) is 19.1 Å². The van der Waals surface area contributed by atoms with Gasteiger partial charge in [-0.25, -0.2) is 9.59 Å². The van der Waals surface area contributed by atoms with Crippen LogP contribution in [0.25, 0.3) is 11.1 Å². The number of ether oxygens (including phenoxy) is 2. The molecular weight excluding hydrogens is 624 g/mol. The summed E-state index contributed by atoms with van der Waals surface area (Å²) in [4.78, 5) is 67.3. The van der Waals surface area contributed by atoms with Gasteiger partial charge in [-0.15, -0.1) is 0 Å². The minimum atomic E-state index is -1.41. The van der Waals surface area contributed by atoms with E-state index >= 15 is 0 Å². The fraction of sp³-hybridized carbons (Fsp3) is 0.395. The van der Waals surface area contributed by atoms with Gasteiger partial charge < -0.3 is 30.3 Å². The van der Waals surface area contributed by atoms with Crippen LogP contribution in [0.5, 0.6) is 0 Å². The summed E-state index contributed by atoms with van der Waals surface area (Å²) >= 11 is 0. The molecule has 11 nitrogen and oxygen atoms in total. The molecule has 258 valence electrons. The fourth-order valence-corrected chi connectivity index (χ4v) is 6.32.